The molecule has 0 spiro atoms. The first-order valence-corrected chi connectivity index (χ1v) is 13.1. The van der Waals surface area contributed by atoms with Crippen molar-refractivity contribution in [2.45, 2.75) is 38.8 Å². The molecule has 1 heterocycles. The zero-order chi connectivity index (χ0) is 18.2. The molecule has 25 heavy (non-hydrogen) atoms. The van der Waals surface area contributed by atoms with Crippen LogP contribution in [0.15, 0.2) is 28.9 Å². The van der Waals surface area contributed by atoms with Gasteiger partial charge in [-0.1, -0.05) is 37.3 Å². The number of allylic oxidation sites excluding steroid dienone is 1. The predicted octanol–water partition coefficient (Wildman–Crippen LogP) is 5.74. The van der Waals surface area contributed by atoms with E-state index < -0.39 is 8.07 Å². The SMILES string of the molecule is C[Si](C)(C)CCOCn1cc(C2=CCc3cc(F)c(Br)cc32)c(Cl)n1. The maximum atomic E-state index is 13.7. The van der Waals surface area contributed by atoms with Crippen molar-refractivity contribution in [3.63, 3.8) is 0 Å². The van der Waals surface area contributed by atoms with Crippen LogP contribution in [0.2, 0.25) is 30.8 Å². The minimum atomic E-state index is -1.10. The van der Waals surface area contributed by atoms with Crippen molar-refractivity contribution in [1.82, 2.24) is 9.78 Å². The molecule has 1 aromatic carbocycles. The predicted molar refractivity (Wildman–Crippen MR) is 106 cm³/mol. The van der Waals surface area contributed by atoms with Crippen molar-refractivity contribution < 1.29 is 9.13 Å². The van der Waals surface area contributed by atoms with E-state index in [1.54, 1.807) is 10.7 Å². The van der Waals surface area contributed by atoms with E-state index >= 15 is 0 Å². The number of rotatable bonds is 6. The number of nitrogens with zero attached hydrogens (tertiary/aromatic N) is 2. The Hall–Kier alpha value is -0.953. The van der Waals surface area contributed by atoms with Crippen LogP contribution in [0.1, 0.15) is 16.7 Å². The van der Waals surface area contributed by atoms with Crippen LogP contribution in [0, 0.1) is 5.82 Å². The molecule has 0 bridgehead atoms. The first-order chi connectivity index (χ1) is 11.7. The van der Waals surface area contributed by atoms with Crippen LogP contribution in [0.4, 0.5) is 4.39 Å². The highest BCUT2D eigenvalue weighted by Gasteiger charge is 2.22. The first kappa shape index (κ1) is 18.8. The minimum Gasteiger partial charge on any atom is -0.360 e. The van der Waals surface area contributed by atoms with Crippen LogP contribution in [0.5, 0.6) is 0 Å². The summed E-state index contributed by atoms with van der Waals surface area (Å²) in [5.74, 6) is -0.244. The van der Waals surface area contributed by atoms with Gasteiger partial charge in [0.1, 0.15) is 12.5 Å². The zero-order valence-corrected chi connectivity index (χ0v) is 17.9. The van der Waals surface area contributed by atoms with Gasteiger partial charge in [-0.2, -0.15) is 5.10 Å². The lowest BCUT2D eigenvalue weighted by Gasteiger charge is -2.15. The van der Waals surface area contributed by atoms with Crippen molar-refractivity contribution in [2.24, 2.45) is 0 Å². The molecule has 1 aliphatic rings. The van der Waals surface area contributed by atoms with E-state index in [-0.39, 0.29) is 5.82 Å². The van der Waals surface area contributed by atoms with Crippen LogP contribution in [-0.2, 0) is 17.9 Å². The molecular weight excluding hydrogens is 423 g/mol. The minimum absolute atomic E-state index is 0.244. The van der Waals surface area contributed by atoms with Gasteiger partial charge < -0.3 is 4.74 Å². The van der Waals surface area contributed by atoms with Gasteiger partial charge in [0.05, 0.1) is 4.47 Å². The summed E-state index contributed by atoms with van der Waals surface area (Å²) in [6, 6.07) is 4.50. The molecule has 0 fully saturated rings. The van der Waals surface area contributed by atoms with Crippen LogP contribution in [0.25, 0.3) is 5.57 Å². The Morgan fingerprint density at radius 3 is 2.80 bits per heavy atom. The molecule has 1 aliphatic carbocycles. The summed E-state index contributed by atoms with van der Waals surface area (Å²) in [5.41, 5.74) is 3.81. The summed E-state index contributed by atoms with van der Waals surface area (Å²) >= 11 is 9.60. The number of hydrogen-bond acceptors (Lipinski definition) is 2. The van der Waals surface area contributed by atoms with Gasteiger partial charge in [0.25, 0.3) is 0 Å². The Balaban J connectivity index is 1.73. The average molecular weight is 444 g/mol. The Kier molecular flexibility index (Phi) is 5.53. The second kappa shape index (κ2) is 7.35. The average Bonchev–Trinajstić information content (AvgIpc) is 3.06. The van der Waals surface area contributed by atoms with Crippen molar-refractivity contribution in [1.29, 1.82) is 0 Å². The molecule has 0 aliphatic heterocycles. The largest absolute Gasteiger partial charge is 0.360 e. The normalized spacial score (nSPS) is 13.9. The lowest BCUT2D eigenvalue weighted by atomic mass is 10.0. The van der Waals surface area contributed by atoms with Gasteiger partial charge in [-0.05, 0) is 57.2 Å². The third kappa shape index (κ3) is 4.42. The molecule has 3 nitrogen and oxygen atoms in total. The van der Waals surface area contributed by atoms with E-state index in [1.165, 1.54) is 0 Å². The van der Waals surface area contributed by atoms with Gasteiger partial charge >= 0.3 is 0 Å². The van der Waals surface area contributed by atoms with Crippen LogP contribution in [-0.4, -0.2) is 24.5 Å². The van der Waals surface area contributed by atoms with E-state index in [0.29, 0.717) is 22.8 Å². The second-order valence-corrected chi connectivity index (χ2v) is 14.3. The smallest absolute Gasteiger partial charge is 0.158 e. The fraction of sp³-hybridized carbons (Fsp3) is 0.389. The Morgan fingerprint density at radius 1 is 1.32 bits per heavy atom. The van der Waals surface area contributed by atoms with Crippen LogP contribution in [0.3, 0.4) is 0 Å². The lowest BCUT2D eigenvalue weighted by Crippen LogP contribution is -2.22. The number of benzene rings is 1. The Morgan fingerprint density at radius 2 is 2.08 bits per heavy atom. The number of fused-ring (bicyclic) bond motifs is 1. The highest BCUT2D eigenvalue weighted by atomic mass is 79.9. The van der Waals surface area contributed by atoms with Crippen molar-refractivity contribution in [3.05, 3.63) is 56.5 Å². The highest BCUT2D eigenvalue weighted by molar-refractivity contribution is 9.10. The quantitative estimate of drug-likeness (QED) is 0.420. The maximum absolute atomic E-state index is 13.7. The third-order valence-electron chi connectivity index (χ3n) is 4.19. The fourth-order valence-electron chi connectivity index (χ4n) is 2.77. The van der Waals surface area contributed by atoms with Crippen molar-refractivity contribution >= 4 is 41.2 Å². The van der Waals surface area contributed by atoms with E-state index in [4.69, 9.17) is 16.3 Å². The molecule has 0 N–H and O–H groups in total. The fourth-order valence-corrected chi connectivity index (χ4v) is 4.11. The summed E-state index contributed by atoms with van der Waals surface area (Å²) in [6.07, 6.45) is 4.66. The van der Waals surface area contributed by atoms with Crippen LogP contribution < -0.4 is 0 Å². The second-order valence-electron chi connectivity index (χ2n) is 7.47. The molecule has 0 saturated heterocycles. The van der Waals surface area contributed by atoms with E-state index in [1.807, 2.05) is 12.3 Å². The Labute approximate surface area is 162 Å². The van der Waals surface area contributed by atoms with Gasteiger partial charge in [0, 0.05) is 26.4 Å². The molecule has 0 radical (unpaired) electrons. The van der Waals surface area contributed by atoms with E-state index in [0.717, 1.165) is 34.9 Å². The molecule has 2 aromatic rings. The number of ether oxygens (including phenoxy) is 1. The summed E-state index contributed by atoms with van der Waals surface area (Å²) in [4.78, 5) is 0. The molecule has 1 aromatic heterocycles. The van der Waals surface area contributed by atoms with Gasteiger partial charge in [-0.25, -0.2) is 9.07 Å². The third-order valence-corrected chi connectivity index (χ3v) is 6.78. The number of halogens is 3. The van der Waals surface area contributed by atoms with Crippen LogP contribution >= 0.6 is 27.5 Å². The maximum Gasteiger partial charge on any atom is 0.158 e. The molecule has 0 amide bonds. The topological polar surface area (TPSA) is 27.1 Å². The van der Waals surface area contributed by atoms with Gasteiger partial charge in [-0.15, -0.1) is 0 Å². The van der Waals surface area contributed by atoms with Crippen molar-refractivity contribution in [3.8, 4) is 0 Å². The van der Waals surface area contributed by atoms with E-state index in [9.17, 15) is 4.39 Å². The molecule has 134 valence electrons. The molecule has 0 saturated carbocycles. The van der Waals surface area contributed by atoms with E-state index in [2.05, 4.69) is 46.7 Å². The monoisotopic (exact) mass is 442 g/mol. The van der Waals surface area contributed by atoms with Crippen molar-refractivity contribution in [2.75, 3.05) is 6.61 Å². The first-order valence-electron chi connectivity index (χ1n) is 8.24. The lowest BCUT2D eigenvalue weighted by molar-refractivity contribution is 0.0786. The summed E-state index contributed by atoms with van der Waals surface area (Å²) in [6.45, 7) is 8.09. The standard InChI is InChI=1S/C18H21BrClFN2OSi/c1-25(2,3)7-6-24-11-23-10-15(18(20)22-23)13-5-4-12-8-17(21)16(19)9-14(12)13/h5,8-10H,4,6-7,11H2,1-3H3. The summed E-state index contributed by atoms with van der Waals surface area (Å²) in [7, 11) is -1.10. The number of aromatic nitrogens is 2. The molecule has 0 unspecified atom stereocenters. The molecule has 3 rings (SSSR count). The number of hydrogen-bond donors (Lipinski definition) is 0. The highest BCUT2D eigenvalue weighted by Crippen LogP contribution is 2.37. The molecule has 7 heteroatoms. The Bertz CT molecular complexity index is 829. The summed E-state index contributed by atoms with van der Waals surface area (Å²) in [5, 5.41) is 4.78. The van der Waals surface area contributed by atoms with Gasteiger partial charge in [-0.3, -0.25) is 0 Å². The molecule has 0 atom stereocenters. The van der Waals surface area contributed by atoms with Gasteiger partial charge in [0.2, 0.25) is 0 Å². The summed E-state index contributed by atoms with van der Waals surface area (Å²) < 4.78 is 21.6. The zero-order valence-electron chi connectivity index (χ0n) is 14.6. The van der Waals surface area contributed by atoms with Gasteiger partial charge in [0.15, 0.2) is 5.15 Å². The molecular formula is C18H21BrClFN2OSi.